The zero-order valence-electron chi connectivity index (χ0n) is 12.5. The molecule has 0 unspecified atom stereocenters. The molecule has 0 bridgehead atoms. The molecule has 2 rings (SSSR count). The summed E-state index contributed by atoms with van der Waals surface area (Å²) in [7, 11) is 1.67. The SMILES string of the molecule is COc1cc(/C=C/c2cc(O)cc(O)c2)ccc1C(C)C. The molecule has 0 radical (unpaired) electrons. The number of ether oxygens (including phenoxy) is 1. The standard InChI is InChI=1S/C18H20O3/c1-12(2)17-7-6-13(10-18(17)21-3)4-5-14-8-15(19)11-16(20)9-14/h4-12,19-20H,1-3H3/b5-4+. The number of rotatable bonds is 4. The van der Waals surface area contributed by atoms with Gasteiger partial charge in [-0.1, -0.05) is 38.1 Å². The number of phenolic OH excluding ortho intramolecular Hbond substituents is 2. The Labute approximate surface area is 125 Å². The lowest BCUT2D eigenvalue weighted by atomic mass is 10.00. The first kappa shape index (κ1) is 15.0. The van der Waals surface area contributed by atoms with Crippen molar-refractivity contribution < 1.29 is 14.9 Å². The predicted molar refractivity (Wildman–Crippen MR) is 85.8 cm³/mol. The van der Waals surface area contributed by atoms with E-state index in [1.165, 1.54) is 11.6 Å². The molecule has 3 nitrogen and oxygen atoms in total. The van der Waals surface area contributed by atoms with Crippen LogP contribution in [-0.2, 0) is 0 Å². The van der Waals surface area contributed by atoms with Crippen molar-refractivity contribution in [1.82, 2.24) is 0 Å². The van der Waals surface area contributed by atoms with Gasteiger partial charge in [0.05, 0.1) is 7.11 Å². The van der Waals surface area contributed by atoms with Gasteiger partial charge in [-0.2, -0.15) is 0 Å². The zero-order valence-corrected chi connectivity index (χ0v) is 12.5. The highest BCUT2D eigenvalue weighted by atomic mass is 16.5. The number of hydrogen-bond donors (Lipinski definition) is 2. The summed E-state index contributed by atoms with van der Waals surface area (Å²) in [6.45, 7) is 4.26. The third kappa shape index (κ3) is 3.78. The van der Waals surface area contributed by atoms with E-state index < -0.39 is 0 Å². The van der Waals surface area contributed by atoms with E-state index >= 15 is 0 Å². The van der Waals surface area contributed by atoms with Crippen LogP contribution in [0.5, 0.6) is 17.2 Å². The van der Waals surface area contributed by atoms with Gasteiger partial charge in [0.25, 0.3) is 0 Å². The number of benzene rings is 2. The van der Waals surface area contributed by atoms with E-state index in [9.17, 15) is 10.2 Å². The van der Waals surface area contributed by atoms with Crippen molar-refractivity contribution in [2.24, 2.45) is 0 Å². The molecule has 3 heteroatoms. The van der Waals surface area contributed by atoms with Gasteiger partial charge in [0.15, 0.2) is 0 Å². The highest BCUT2D eigenvalue weighted by Gasteiger charge is 2.07. The smallest absolute Gasteiger partial charge is 0.122 e. The first-order valence-corrected chi connectivity index (χ1v) is 6.88. The second-order valence-electron chi connectivity index (χ2n) is 5.27. The van der Waals surface area contributed by atoms with Gasteiger partial charge in [-0.25, -0.2) is 0 Å². The fraction of sp³-hybridized carbons (Fsp3) is 0.222. The predicted octanol–water partition coefficient (Wildman–Crippen LogP) is 4.40. The van der Waals surface area contributed by atoms with Crippen LogP contribution >= 0.6 is 0 Å². The van der Waals surface area contributed by atoms with Gasteiger partial charge in [-0.05, 0) is 40.8 Å². The van der Waals surface area contributed by atoms with Gasteiger partial charge in [0.1, 0.15) is 17.2 Å². The normalized spacial score (nSPS) is 11.2. The monoisotopic (exact) mass is 284 g/mol. The van der Waals surface area contributed by atoms with Gasteiger partial charge in [0, 0.05) is 6.07 Å². The minimum atomic E-state index is 0.0439. The van der Waals surface area contributed by atoms with Crippen molar-refractivity contribution in [2.75, 3.05) is 7.11 Å². The van der Waals surface area contributed by atoms with Gasteiger partial charge in [-0.3, -0.25) is 0 Å². The summed E-state index contributed by atoms with van der Waals surface area (Å²) in [4.78, 5) is 0. The lowest BCUT2D eigenvalue weighted by Gasteiger charge is -2.12. The van der Waals surface area contributed by atoms with Crippen LogP contribution in [0.25, 0.3) is 12.2 Å². The molecule has 0 fully saturated rings. The molecule has 0 aromatic heterocycles. The quantitative estimate of drug-likeness (QED) is 0.818. The summed E-state index contributed by atoms with van der Waals surface area (Å²) in [5.74, 6) is 1.36. The lowest BCUT2D eigenvalue weighted by molar-refractivity contribution is 0.407. The summed E-state index contributed by atoms with van der Waals surface area (Å²) in [6.07, 6.45) is 3.75. The molecule has 0 heterocycles. The second-order valence-corrected chi connectivity index (χ2v) is 5.27. The van der Waals surface area contributed by atoms with E-state index in [-0.39, 0.29) is 11.5 Å². The number of aromatic hydroxyl groups is 2. The second kappa shape index (κ2) is 6.35. The Morgan fingerprint density at radius 3 is 2.10 bits per heavy atom. The van der Waals surface area contributed by atoms with E-state index in [2.05, 4.69) is 19.9 Å². The number of hydrogen-bond acceptors (Lipinski definition) is 3. The topological polar surface area (TPSA) is 49.7 Å². The van der Waals surface area contributed by atoms with E-state index in [0.29, 0.717) is 5.92 Å². The van der Waals surface area contributed by atoms with Gasteiger partial charge in [0.2, 0.25) is 0 Å². The highest BCUT2D eigenvalue weighted by molar-refractivity contribution is 5.71. The Kier molecular flexibility index (Phi) is 4.53. The molecule has 0 aliphatic heterocycles. The third-order valence-electron chi connectivity index (χ3n) is 3.27. The Hall–Kier alpha value is -2.42. The van der Waals surface area contributed by atoms with E-state index in [1.807, 2.05) is 24.3 Å². The van der Waals surface area contributed by atoms with E-state index in [1.54, 1.807) is 19.2 Å². The third-order valence-corrected chi connectivity index (χ3v) is 3.27. The Morgan fingerprint density at radius 1 is 0.905 bits per heavy atom. The molecule has 0 atom stereocenters. The summed E-state index contributed by atoms with van der Waals surface area (Å²) < 4.78 is 5.42. The molecule has 0 aliphatic carbocycles. The largest absolute Gasteiger partial charge is 0.508 e. The van der Waals surface area contributed by atoms with Crippen LogP contribution in [0.1, 0.15) is 36.5 Å². The van der Waals surface area contributed by atoms with Crippen molar-refractivity contribution in [3.63, 3.8) is 0 Å². The van der Waals surface area contributed by atoms with E-state index in [4.69, 9.17) is 4.74 Å². The molecular formula is C18H20O3. The van der Waals surface area contributed by atoms with Crippen molar-refractivity contribution in [3.8, 4) is 17.2 Å². The van der Waals surface area contributed by atoms with Crippen LogP contribution in [-0.4, -0.2) is 17.3 Å². The van der Waals surface area contributed by atoms with Gasteiger partial charge in [-0.15, -0.1) is 0 Å². The molecule has 0 spiro atoms. The molecule has 21 heavy (non-hydrogen) atoms. The highest BCUT2D eigenvalue weighted by Crippen LogP contribution is 2.28. The maximum Gasteiger partial charge on any atom is 0.122 e. The van der Waals surface area contributed by atoms with Gasteiger partial charge < -0.3 is 14.9 Å². The Morgan fingerprint density at radius 2 is 1.52 bits per heavy atom. The first-order valence-electron chi connectivity index (χ1n) is 6.88. The molecule has 2 aromatic carbocycles. The minimum absolute atomic E-state index is 0.0439. The molecule has 110 valence electrons. The van der Waals surface area contributed by atoms with Crippen LogP contribution in [0.15, 0.2) is 36.4 Å². The summed E-state index contributed by atoms with van der Waals surface area (Å²) in [5, 5.41) is 18.9. The first-order chi connectivity index (χ1) is 9.99. The summed E-state index contributed by atoms with van der Waals surface area (Å²) in [5.41, 5.74) is 2.91. The summed E-state index contributed by atoms with van der Waals surface area (Å²) in [6, 6.07) is 10.6. The molecular weight excluding hydrogens is 264 g/mol. The van der Waals surface area contributed by atoms with Crippen LogP contribution in [0, 0.1) is 0 Å². The van der Waals surface area contributed by atoms with Gasteiger partial charge >= 0.3 is 0 Å². The molecule has 0 saturated carbocycles. The van der Waals surface area contributed by atoms with Crippen LogP contribution in [0.4, 0.5) is 0 Å². The summed E-state index contributed by atoms with van der Waals surface area (Å²) >= 11 is 0. The maximum atomic E-state index is 9.46. The lowest BCUT2D eigenvalue weighted by Crippen LogP contribution is -1.94. The van der Waals surface area contributed by atoms with E-state index in [0.717, 1.165) is 16.9 Å². The van der Waals surface area contributed by atoms with Crippen LogP contribution in [0.2, 0.25) is 0 Å². The Balaban J connectivity index is 2.28. The molecule has 2 aromatic rings. The fourth-order valence-electron chi connectivity index (χ4n) is 2.22. The van der Waals surface area contributed by atoms with Crippen molar-refractivity contribution in [1.29, 1.82) is 0 Å². The fourth-order valence-corrected chi connectivity index (χ4v) is 2.22. The molecule has 0 amide bonds. The molecule has 2 N–H and O–H groups in total. The van der Waals surface area contributed by atoms with Crippen LogP contribution in [0.3, 0.4) is 0 Å². The number of methoxy groups -OCH3 is 1. The molecule has 0 saturated heterocycles. The maximum absolute atomic E-state index is 9.46. The van der Waals surface area contributed by atoms with Crippen molar-refractivity contribution >= 4 is 12.2 Å². The Bertz CT molecular complexity index is 637. The van der Waals surface area contributed by atoms with Crippen molar-refractivity contribution in [2.45, 2.75) is 19.8 Å². The van der Waals surface area contributed by atoms with Crippen LogP contribution < -0.4 is 4.74 Å². The number of phenols is 2. The zero-order chi connectivity index (χ0) is 15.4. The molecule has 0 aliphatic rings. The minimum Gasteiger partial charge on any atom is -0.508 e. The van der Waals surface area contributed by atoms with Crippen molar-refractivity contribution in [3.05, 3.63) is 53.1 Å². The average molecular weight is 284 g/mol. The average Bonchev–Trinajstić information content (AvgIpc) is 2.43.